The zero-order valence-corrected chi connectivity index (χ0v) is 14.3. The fourth-order valence-corrected chi connectivity index (χ4v) is 3.23. The Morgan fingerprint density at radius 1 is 0.846 bits per heavy atom. The van der Waals surface area contributed by atoms with Gasteiger partial charge >= 0.3 is 0 Å². The Kier molecular flexibility index (Phi) is 4.40. The lowest BCUT2D eigenvalue weighted by atomic mass is 10.0. The van der Waals surface area contributed by atoms with Crippen LogP contribution < -0.4 is 10.2 Å². The molecule has 1 unspecified atom stereocenters. The predicted molar refractivity (Wildman–Crippen MR) is 105 cm³/mol. The summed E-state index contributed by atoms with van der Waals surface area (Å²) in [5, 5.41) is 12.7. The van der Waals surface area contributed by atoms with Gasteiger partial charge in [-0.15, -0.1) is 0 Å². The van der Waals surface area contributed by atoms with Crippen LogP contribution in [0.15, 0.2) is 91.1 Å². The zero-order valence-electron chi connectivity index (χ0n) is 14.3. The molecule has 0 amide bonds. The third-order valence-corrected chi connectivity index (χ3v) is 4.61. The van der Waals surface area contributed by atoms with Crippen molar-refractivity contribution in [2.24, 2.45) is 0 Å². The van der Waals surface area contributed by atoms with E-state index in [2.05, 4.69) is 71.0 Å². The summed E-state index contributed by atoms with van der Waals surface area (Å²) in [4.78, 5) is 2.28. The number of hydrogen-bond acceptors (Lipinski definition) is 3. The maximum atomic E-state index is 9.04. The molecule has 3 aromatic carbocycles. The van der Waals surface area contributed by atoms with Crippen molar-refractivity contribution in [2.45, 2.75) is 6.04 Å². The van der Waals surface area contributed by atoms with Crippen molar-refractivity contribution >= 4 is 11.4 Å². The molecule has 3 aromatic rings. The van der Waals surface area contributed by atoms with Crippen molar-refractivity contribution in [3.05, 3.63) is 108 Å². The van der Waals surface area contributed by atoms with Crippen LogP contribution in [0.5, 0.6) is 0 Å². The number of rotatable bonds is 3. The lowest BCUT2D eigenvalue weighted by Crippen LogP contribution is -2.37. The van der Waals surface area contributed by atoms with Crippen LogP contribution in [0.4, 0.5) is 5.69 Å². The second-order valence-corrected chi connectivity index (χ2v) is 6.33. The normalized spacial score (nSPS) is 16.3. The fraction of sp³-hybridized carbons (Fsp3) is 0.0870. The monoisotopic (exact) mass is 337 g/mol. The van der Waals surface area contributed by atoms with Crippen LogP contribution in [0, 0.1) is 11.3 Å². The first-order chi connectivity index (χ1) is 12.8. The van der Waals surface area contributed by atoms with Crippen LogP contribution in [0.3, 0.4) is 0 Å². The van der Waals surface area contributed by atoms with E-state index in [1.165, 1.54) is 11.3 Å². The quantitative estimate of drug-likeness (QED) is 0.752. The van der Waals surface area contributed by atoms with Gasteiger partial charge in [-0.1, -0.05) is 60.7 Å². The van der Waals surface area contributed by atoms with Crippen LogP contribution >= 0.6 is 0 Å². The highest BCUT2D eigenvalue weighted by Gasteiger charge is 2.22. The van der Waals surface area contributed by atoms with Crippen molar-refractivity contribution in [3.63, 3.8) is 0 Å². The molecular formula is C23H19N3. The minimum absolute atomic E-state index is 0.142. The summed E-state index contributed by atoms with van der Waals surface area (Å²) < 4.78 is 0. The highest BCUT2D eigenvalue weighted by Crippen LogP contribution is 2.28. The van der Waals surface area contributed by atoms with Crippen molar-refractivity contribution in [1.82, 2.24) is 5.32 Å². The minimum atomic E-state index is 0.142. The first-order valence-corrected chi connectivity index (χ1v) is 8.69. The molecule has 0 spiro atoms. The van der Waals surface area contributed by atoms with Crippen LogP contribution in [0.2, 0.25) is 0 Å². The number of nitriles is 1. The van der Waals surface area contributed by atoms with E-state index in [9.17, 15) is 0 Å². The van der Waals surface area contributed by atoms with Gasteiger partial charge in [-0.25, -0.2) is 0 Å². The summed E-state index contributed by atoms with van der Waals surface area (Å²) in [5.74, 6) is 0. The van der Waals surface area contributed by atoms with Crippen molar-refractivity contribution < 1.29 is 0 Å². The maximum absolute atomic E-state index is 9.04. The zero-order chi connectivity index (χ0) is 17.8. The average molecular weight is 337 g/mol. The Balaban J connectivity index is 1.71. The lowest BCUT2D eigenvalue weighted by molar-refractivity contribution is 0.612. The van der Waals surface area contributed by atoms with Gasteiger partial charge in [-0.05, 0) is 35.4 Å². The van der Waals surface area contributed by atoms with E-state index < -0.39 is 0 Å². The molecule has 0 saturated heterocycles. The molecule has 1 N–H and O–H groups in total. The Bertz CT molecular complexity index is 938. The minimum Gasteiger partial charge on any atom is -0.375 e. The predicted octanol–water partition coefficient (Wildman–Crippen LogP) is 4.71. The van der Waals surface area contributed by atoms with Crippen LogP contribution in [-0.4, -0.2) is 6.54 Å². The van der Waals surface area contributed by atoms with Gasteiger partial charge in [0, 0.05) is 18.4 Å². The molecule has 26 heavy (non-hydrogen) atoms. The van der Waals surface area contributed by atoms with Gasteiger partial charge in [-0.3, -0.25) is 0 Å². The van der Waals surface area contributed by atoms with Gasteiger partial charge in [0.05, 0.1) is 23.4 Å². The van der Waals surface area contributed by atoms with E-state index >= 15 is 0 Å². The van der Waals surface area contributed by atoms with Gasteiger partial charge in [0.1, 0.15) is 0 Å². The molecular weight excluding hydrogens is 318 g/mol. The molecule has 3 nitrogen and oxygen atoms in total. The molecule has 0 fully saturated rings. The van der Waals surface area contributed by atoms with E-state index in [0.717, 1.165) is 17.8 Å². The molecule has 0 aromatic heterocycles. The Morgan fingerprint density at radius 2 is 1.50 bits per heavy atom. The van der Waals surface area contributed by atoms with E-state index in [0.29, 0.717) is 5.56 Å². The first-order valence-electron chi connectivity index (χ1n) is 8.69. The molecule has 0 saturated carbocycles. The highest BCUT2D eigenvalue weighted by atomic mass is 15.2. The number of nitrogens with one attached hydrogen (secondary N) is 1. The van der Waals surface area contributed by atoms with Crippen LogP contribution in [0.25, 0.3) is 5.70 Å². The Morgan fingerprint density at radius 3 is 2.15 bits per heavy atom. The first kappa shape index (κ1) is 16.0. The molecule has 1 aliphatic rings. The highest BCUT2D eigenvalue weighted by molar-refractivity contribution is 5.70. The van der Waals surface area contributed by atoms with Gasteiger partial charge in [0.25, 0.3) is 0 Å². The molecule has 4 rings (SSSR count). The summed E-state index contributed by atoms with van der Waals surface area (Å²) in [6.07, 6.45) is 2.17. The van der Waals surface area contributed by atoms with Gasteiger partial charge in [-0.2, -0.15) is 5.26 Å². The Hall–Kier alpha value is -3.51. The standard InChI is InChI=1S/C23H19N3/c24-15-18-11-13-20(14-12-18)23-17-26(21-9-5-2-6-10-21)16-22(25-23)19-7-3-1-4-8-19/h1-14,16,23,25H,17H2. The summed E-state index contributed by atoms with van der Waals surface area (Å²) in [7, 11) is 0. The number of hydrogen-bond donors (Lipinski definition) is 1. The second-order valence-electron chi connectivity index (χ2n) is 6.33. The summed E-state index contributed by atoms with van der Waals surface area (Å²) in [6, 6.07) is 30.9. The molecule has 1 heterocycles. The molecule has 3 heteroatoms. The molecule has 0 bridgehead atoms. The van der Waals surface area contributed by atoms with Crippen molar-refractivity contribution in [3.8, 4) is 6.07 Å². The number of nitrogens with zero attached hydrogens (tertiary/aromatic N) is 2. The van der Waals surface area contributed by atoms with E-state index in [1.807, 2.05) is 36.4 Å². The lowest BCUT2D eigenvalue weighted by Gasteiger charge is -2.35. The second kappa shape index (κ2) is 7.16. The van der Waals surface area contributed by atoms with E-state index in [-0.39, 0.29) is 6.04 Å². The van der Waals surface area contributed by atoms with E-state index in [4.69, 9.17) is 5.26 Å². The van der Waals surface area contributed by atoms with Crippen LogP contribution in [0.1, 0.15) is 22.7 Å². The van der Waals surface area contributed by atoms with Crippen molar-refractivity contribution in [2.75, 3.05) is 11.4 Å². The molecule has 0 radical (unpaired) electrons. The number of benzene rings is 3. The molecule has 1 aliphatic heterocycles. The number of para-hydroxylation sites is 1. The third-order valence-electron chi connectivity index (χ3n) is 4.61. The van der Waals surface area contributed by atoms with Gasteiger partial charge < -0.3 is 10.2 Å². The summed E-state index contributed by atoms with van der Waals surface area (Å²) in [5.41, 5.74) is 5.28. The summed E-state index contributed by atoms with van der Waals surface area (Å²) in [6.45, 7) is 0.826. The van der Waals surface area contributed by atoms with Gasteiger partial charge in [0.15, 0.2) is 0 Å². The molecule has 0 aliphatic carbocycles. The topological polar surface area (TPSA) is 39.1 Å². The molecule has 1 atom stereocenters. The maximum Gasteiger partial charge on any atom is 0.0991 e. The van der Waals surface area contributed by atoms with E-state index in [1.54, 1.807) is 0 Å². The third kappa shape index (κ3) is 3.31. The fourth-order valence-electron chi connectivity index (χ4n) is 3.23. The molecule has 126 valence electrons. The Labute approximate surface area is 153 Å². The van der Waals surface area contributed by atoms with Gasteiger partial charge in [0.2, 0.25) is 0 Å². The van der Waals surface area contributed by atoms with Crippen molar-refractivity contribution in [1.29, 1.82) is 5.26 Å². The smallest absolute Gasteiger partial charge is 0.0991 e. The largest absolute Gasteiger partial charge is 0.375 e. The average Bonchev–Trinajstić information content (AvgIpc) is 2.75. The van der Waals surface area contributed by atoms with Crippen LogP contribution in [-0.2, 0) is 0 Å². The summed E-state index contributed by atoms with van der Waals surface area (Å²) >= 11 is 0. The number of anilines is 1. The SMILES string of the molecule is N#Cc1ccc(C2CN(c3ccccc3)C=C(c3ccccc3)N2)cc1.